The summed E-state index contributed by atoms with van der Waals surface area (Å²) in [5, 5.41) is 5.29. The number of halogens is 2. The zero-order valence-electron chi connectivity index (χ0n) is 22.2. The van der Waals surface area contributed by atoms with Crippen LogP contribution in [0.3, 0.4) is 0 Å². The van der Waals surface area contributed by atoms with Gasteiger partial charge in [0.15, 0.2) is 18.1 Å². The van der Waals surface area contributed by atoms with Crippen LogP contribution in [0.15, 0.2) is 64.6 Å². The van der Waals surface area contributed by atoms with E-state index in [2.05, 4.69) is 26.6 Å². The molecule has 41 heavy (non-hydrogen) atoms. The second kappa shape index (κ2) is 12.9. The highest BCUT2D eigenvalue weighted by Crippen LogP contribution is 2.38. The lowest BCUT2D eigenvalue weighted by Crippen LogP contribution is -2.54. The molecule has 0 spiro atoms. The molecule has 12 heteroatoms. The van der Waals surface area contributed by atoms with Crippen LogP contribution in [0.4, 0.5) is 16.2 Å². The normalized spacial score (nSPS) is 14.1. The number of nitrogens with one attached hydrogen (secondary N) is 2. The Bertz CT molecular complexity index is 1560. The molecular formula is C29H25BrClN3O7. The number of urea groups is 1. The lowest BCUT2D eigenvalue weighted by Gasteiger charge is -2.27. The SMILES string of the molecule is CCOc1cc(/C=C2/C(=O)NC(=O)N(c3cccc(Cl)c3C)C2=O)cc(Br)c1OCC(=O)Nc1ccc(OC)cc1. The molecule has 1 aliphatic rings. The summed E-state index contributed by atoms with van der Waals surface area (Å²) < 4.78 is 17.0. The zero-order valence-corrected chi connectivity index (χ0v) is 24.6. The second-order valence-corrected chi connectivity index (χ2v) is 9.93. The quantitative estimate of drug-likeness (QED) is 0.233. The smallest absolute Gasteiger partial charge is 0.335 e. The molecule has 0 aliphatic carbocycles. The molecule has 0 unspecified atom stereocenters. The van der Waals surface area contributed by atoms with Gasteiger partial charge < -0.3 is 19.5 Å². The first kappa shape index (κ1) is 29.6. The Morgan fingerprint density at radius 2 is 1.83 bits per heavy atom. The predicted octanol–water partition coefficient (Wildman–Crippen LogP) is 5.50. The molecule has 1 heterocycles. The van der Waals surface area contributed by atoms with Crippen LogP contribution in [0.25, 0.3) is 6.08 Å². The minimum atomic E-state index is -0.879. The van der Waals surface area contributed by atoms with Gasteiger partial charge >= 0.3 is 6.03 Å². The third-order valence-corrected chi connectivity index (χ3v) is 6.94. The number of hydrogen-bond donors (Lipinski definition) is 2. The van der Waals surface area contributed by atoms with E-state index in [9.17, 15) is 19.2 Å². The number of rotatable bonds is 9. The van der Waals surface area contributed by atoms with E-state index in [1.165, 1.54) is 6.08 Å². The van der Waals surface area contributed by atoms with Gasteiger partial charge in [0.05, 0.1) is 23.9 Å². The van der Waals surface area contributed by atoms with Gasteiger partial charge in [-0.2, -0.15) is 0 Å². The summed E-state index contributed by atoms with van der Waals surface area (Å²) in [6.45, 7) is 3.40. The van der Waals surface area contributed by atoms with Gasteiger partial charge in [-0.05, 0) is 95.5 Å². The number of hydrogen-bond acceptors (Lipinski definition) is 7. The average Bonchev–Trinajstić information content (AvgIpc) is 2.93. The molecule has 4 rings (SSSR count). The zero-order chi connectivity index (χ0) is 29.7. The number of barbiturate groups is 1. The Morgan fingerprint density at radius 3 is 2.51 bits per heavy atom. The van der Waals surface area contributed by atoms with Crippen molar-refractivity contribution in [3.63, 3.8) is 0 Å². The van der Waals surface area contributed by atoms with E-state index in [-0.39, 0.29) is 36.0 Å². The second-order valence-electron chi connectivity index (χ2n) is 8.67. The van der Waals surface area contributed by atoms with Gasteiger partial charge in [-0.15, -0.1) is 0 Å². The monoisotopic (exact) mass is 641 g/mol. The van der Waals surface area contributed by atoms with Gasteiger partial charge in [-0.25, -0.2) is 9.69 Å². The summed E-state index contributed by atoms with van der Waals surface area (Å²) >= 11 is 9.61. The molecular weight excluding hydrogens is 618 g/mol. The summed E-state index contributed by atoms with van der Waals surface area (Å²) in [5.41, 5.74) is 1.47. The first-order valence-electron chi connectivity index (χ1n) is 12.3. The summed E-state index contributed by atoms with van der Waals surface area (Å²) in [7, 11) is 1.55. The highest BCUT2D eigenvalue weighted by molar-refractivity contribution is 9.10. The van der Waals surface area contributed by atoms with Crippen molar-refractivity contribution in [2.75, 3.05) is 30.5 Å². The minimum absolute atomic E-state index is 0.254. The molecule has 0 saturated carbocycles. The Hall–Kier alpha value is -4.35. The summed E-state index contributed by atoms with van der Waals surface area (Å²) in [6.07, 6.45) is 1.34. The lowest BCUT2D eigenvalue weighted by atomic mass is 10.1. The van der Waals surface area contributed by atoms with E-state index in [0.717, 1.165) is 4.90 Å². The Morgan fingerprint density at radius 1 is 1.10 bits per heavy atom. The van der Waals surface area contributed by atoms with E-state index < -0.39 is 23.8 Å². The molecule has 1 aliphatic heterocycles. The van der Waals surface area contributed by atoms with Crippen molar-refractivity contribution in [3.8, 4) is 17.2 Å². The highest BCUT2D eigenvalue weighted by atomic mass is 79.9. The fraction of sp³-hybridized carbons (Fsp3) is 0.172. The van der Waals surface area contributed by atoms with E-state index in [4.69, 9.17) is 25.8 Å². The first-order chi connectivity index (χ1) is 19.6. The maximum Gasteiger partial charge on any atom is 0.335 e. The van der Waals surface area contributed by atoms with Crippen LogP contribution in [0, 0.1) is 6.92 Å². The van der Waals surface area contributed by atoms with Crippen molar-refractivity contribution in [2.45, 2.75) is 13.8 Å². The van der Waals surface area contributed by atoms with Crippen LogP contribution in [0.2, 0.25) is 5.02 Å². The van der Waals surface area contributed by atoms with E-state index in [0.29, 0.717) is 32.1 Å². The molecule has 0 aromatic heterocycles. The highest BCUT2D eigenvalue weighted by Gasteiger charge is 2.37. The van der Waals surface area contributed by atoms with E-state index in [1.807, 2.05) is 0 Å². The van der Waals surface area contributed by atoms with Gasteiger partial charge in [-0.1, -0.05) is 17.7 Å². The van der Waals surface area contributed by atoms with Crippen LogP contribution >= 0.6 is 27.5 Å². The number of ether oxygens (including phenoxy) is 3. The van der Waals surface area contributed by atoms with Crippen molar-refractivity contribution >= 4 is 68.7 Å². The molecule has 0 bridgehead atoms. The number of benzene rings is 3. The van der Waals surface area contributed by atoms with Crippen LogP contribution in [0.5, 0.6) is 17.2 Å². The Balaban J connectivity index is 1.58. The number of methoxy groups -OCH3 is 1. The molecule has 3 aromatic rings. The van der Waals surface area contributed by atoms with Gasteiger partial charge in [-0.3, -0.25) is 19.7 Å². The van der Waals surface area contributed by atoms with Gasteiger partial charge in [0.1, 0.15) is 11.3 Å². The fourth-order valence-corrected chi connectivity index (χ4v) is 4.71. The average molecular weight is 643 g/mol. The summed E-state index contributed by atoms with van der Waals surface area (Å²) in [6, 6.07) is 13.9. The summed E-state index contributed by atoms with van der Waals surface area (Å²) in [4.78, 5) is 52.0. The van der Waals surface area contributed by atoms with Crippen LogP contribution in [0.1, 0.15) is 18.1 Å². The van der Waals surface area contributed by atoms with Crippen LogP contribution in [-0.4, -0.2) is 44.1 Å². The predicted molar refractivity (Wildman–Crippen MR) is 158 cm³/mol. The van der Waals surface area contributed by atoms with Crippen molar-refractivity contribution in [1.82, 2.24) is 5.32 Å². The van der Waals surface area contributed by atoms with Crippen molar-refractivity contribution in [3.05, 3.63) is 80.8 Å². The number of anilines is 2. The van der Waals surface area contributed by atoms with Crippen molar-refractivity contribution < 1.29 is 33.4 Å². The fourth-order valence-electron chi connectivity index (χ4n) is 3.96. The number of nitrogens with zero attached hydrogens (tertiary/aromatic N) is 1. The van der Waals surface area contributed by atoms with Crippen LogP contribution < -0.4 is 29.7 Å². The van der Waals surface area contributed by atoms with Gasteiger partial charge in [0.25, 0.3) is 17.7 Å². The molecule has 5 amide bonds. The molecule has 2 N–H and O–H groups in total. The Labute approximate surface area is 249 Å². The number of imide groups is 2. The molecule has 1 saturated heterocycles. The molecule has 1 fully saturated rings. The molecule has 3 aromatic carbocycles. The van der Waals surface area contributed by atoms with Gasteiger partial charge in [0, 0.05) is 10.7 Å². The van der Waals surface area contributed by atoms with E-state index >= 15 is 0 Å². The van der Waals surface area contributed by atoms with Crippen molar-refractivity contribution in [2.24, 2.45) is 0 Å². The number of amides is 5. The Kier molecular flexibility index (Phi) is 9.31. The molecule has 0 atom stereocenters. The maximum absolute atomic E-state index is 13.4. The third-order valence-electron chi connectivity index (χ3n) is 5.95. The summed E-state index contributed by atoms with van der Waals surface area (Å²) in [5.74, 6) is -0.876. The molecule has 0 radical (unpaired) electrons. The standard InChI is InChI=1S/C29H25BrClN3O7/c1-4-40-24-14-17(13-21(30)26(24)41-15-25(35)32-18-8-10-19(39-3)11-9-18)12-20-27(36)33-29(38)34(28(20)37)23-7-5-6-22(31)16(23)2/h5-14H,4,15H2,1-3H3,(H,32,35)(H,33,36,38)/b20-12-. The maximum atomic E-state index is 13.4. The van der Waals surface area contributed by atoms with E-state index in [1.54, 1.807) is 75.6 Å². The molecule has 212 valence electrons. The minimum Gasteiger partial charge on any atom is -0.497 e. The van der Waals surface area contributed by atoms with Crippen LogP contribution in [-0.2, 0) is 14.4 Å². The van der Waals surface area contributed by atoms with Crippen molar-refractivity contribution in [1.29, 1.82) is 0 Å². The third kappa shape index (κ3) is 6.69. The molecule has 10 nitrogen and oxygen atoms in total. The topological polar surface area (TPSA) is 123 Å². The number of carbonyl (C=O) groups excluding carboxylic acids is 4. The lowest BCUT2D eigenvalue weighted by molar-refractivity contribution is -0.122. The largest absolute Gasteiger partial charge is 0.497 e. The van der Waals surface area contributed by atoms with Gasteiger partial charge in [0.2, 0.25) is 0 Å². The number of carbonyl (C=O) groups is 4. The first-order valence-corrected chi connectivity index (χ1v) is 13.5.